The van der Waals surface area contributed by atoms with E-state index in [0.29, 0.717) is 37.6 Å². The Morgan fingerprint density at radius 2 is 2.03 bits per heavy atom. The third-order valence-corrected chi connectivity index (χ3v) is 6.54. The van der Waals surface area contributed by atoms with Crippen molar-refractivity contribution in [2.45, 2.75) is 24.8 Å². The lowest BCUT2D eigenvalue weighted by molar-refractivity contribution is -0.120. The van der Waals surface area contributed by atoms with Gasteiger partial charge in [-0.25, -0.2) is 13.4 Å². The largest absolute Gasteiger partial charge is 0.382 e. The van der Waals surface area contributed by atoms with Crippen molar-refractivity contribution < 1.29 is 22.7 Å². The SMILES string of the molecule is CCOCCCNC(=O)c1ncn2c1CN(CC(=O)NC)S(=O)(=O)c1ccccc1-2. The van der Waals surface area contributed by atoms with Gasteiger partial charge in [0, 0.05) is 26.8 Å². The number of hydrogen-bond acceptors (Lipinski definition) is 6. The highest BCUT2D eigenvalue weighted by molar-refractivity contribution is 7.89. The fourth-order valence-electron chi connectivity index (χ4n) is 3.17. The van der Waals surface area contributed by atoms with Gasteiger partial charge in [-0.15, -0.1) is 0 Å². The van der Waals surface area contributed by atoms with E-state index < -0.39 is 21.8 Å². The first kappa shape index (κ1) is 21.9. The zero-order valence-electron chi connectivity index (χ0n) is 16.9. The van der Waals surface area contributed by atoms with Crippen molar-refractivity contribution in [2.24, 2.45) is 0 Å². The molecule has 162 valence electrons. The molecule has 0 spiro atoms. The summed E-state index contributed by atoms with van der Waals surface area (Å²) in [7, 11) is -2.52. The zero-order chi connectivity index (χ0) is 21.7. The number of fused-ring (bicyclic) bond motifs is 3. The number of hydrogen-bond donors (Lipinski definition) is 2. The molecule has 11 heteroatoms. The number of sulfonamides is 1. The maximum absolute atomic E-state index is 13.2. The highest BCUT2D eigenvalue weighted by Gasteiger charge is 2.35. The molecule has 2 amide bonds. The molecular weight excluding hydrogens is 410 g/mol. The first-order valence-electron chi connectivity index (χ1n) is 9.62. The van der Waals surface area contributed by atoms with Crippen LogP contribution in [-0.4, -0.2) is 67.4 Å². The van der Waals surface area contributed by atoms with Gasteiger partial charge in [0.1, 0.15) is 11.2 Å². The van der Waals surface area contributed by atoms with E-state index in [-0.39, 0.29) is 23.7 Å². The fourth-order valence-corrected chi connectivity index (χ4v) is 4.71. The van der Waals surface area contributed by atoms with E-state index in [9.17, 15) is 18.0 Å². The molecule has 0 bridgehead atoms. The Balaban J connectivity index is 1.96. The Morgan fingerprint density at radius 3 is 2.77 bits per heavy atom. The second-order valence-corrected chi connectivity index (χ2v) is 8.54. The summed E-state index contributed by atoms with van der Waals surface area (Å²) in [6.07, 6.45) is 2.08. The predicted octanol–water partition coefficient (Wildman–Crippen LogP) is 0.279. The van der Waals surface area contributed by atoms with E-state index in [1.54, 1.807) is 22.8 Å². The quantitative estimate of drug-likeness (QED) is 0.574. The van der Waals surface area contributed by atoms with Gasteiger partial charge in [-0.3, -0.25) is 14.2 Å². The normalized spacial score (nSPS) is 15.0. The molecule has 1 aliphatic rings. The van der Waals surface area contributed by atoms with E-state index in [1.165, 1.54) is 19.4 Å². The minimum absolute atomic E-state index is 0.0497. The van der Waals surface area contributed by atoms with Crippen molar-refractivity contribution in [3.63, 3.8) is 0 Å². The van der Waals surface area contributed by atoms with Crippen LogP contribution in [0.15, 0.2) is 35.5 Å². The molecule has 0 aliphatic carbocycles. The van der Waals surface area contributed by atoms with Crippen LogP contribution in [0.3, 0.4) is 0 Å². The third kappa shape index (κ3) is 4.37. The van der Waals surface area contributed by atoms with Crippen LogP contribution < -0.4 is 10.6 Å². The number of carbonyl (C=O) groups is 2. The van der Waals surface area contributed by atoms with Gasteiger partial charge in [0.15, 0.2) is 5.69 Å². The molecule has 0 saturated carbocycles. The van der Waals surface area contributed by atoms with E-state index in [0.717, 1.165) is 4.31 Å². The molecular formula is C19H25N5O5S. The van der Waals surface area contributed by atoms with E-state index in [2.05, 4.69) is 15.6 Å². The molecule has 0 radical (unpaired) electrons. The summed E-state index contributed by atoms with van der Waals surface area (Å²) in [4.78, 5) is 28.9. The lowest BCUT2D eigenvalue weighted by atomic mass is 10.2. The summed E-state index contributed by atoms with van der Waals surface area (Å²) in [6, 6.07) is 6.44. The highest BCUT2D eigenvalue weighted by Crippen LogP contribution is 2.31. The maximum atomic E-state index is 13.2. The molecule has 10 nitrogen and oxygen atoms in total. The number of rotatable bonds is 8. The molecule has 2 heterocycles. The van der Waals surface area contributed by atoms with Gasteiger partial charge >= 0.3 is 0 Å². The van der Waals surface area contributed by atoms with Crippen LogP contribution in [-0.2, 0) is 26.1 Å². The van der Waals surface area contributed by atoms with Crippen molar-refractivity contribution in [1.82, 2.24) is 24.5 Å². The predicted molar refractivity (Wildman–Crippen MR) is 109 cm³/mol. The van der Waals surface area contributed by atoms with Crippen LogP contribution >= 0.6 is 0 Å². The van der Waals surface area contributed by atoms with Crippen molar-refractivity contribution in [3.05, 3.63) is 42.0 Å². The average Bonchev–Trinajstić information content (AvgIpc) is 3.12. The van der Waals surface area contributed by atoms with E-state index >= 15 is 0 Å². The van der Waals surface area contributed by atoms with Gasteiger partial charge in [0.2, 0.25) is 15.9 Å². The van der Waals surface area contributed by atoms with Crippen molar-refractivity contribution in [1.29, 1.82) is 0 Å². The number of amides is 2. The average molecular weight is 436 g/mol. The summed E-state index contributed by atoms with van der Waals surface area (Å²) >= 11 is 0. The molecule has 0 fully saturated rings. The van der Waals surface area contributed by atoms with E-state index in [4.69, 9.17) is 4.74 Å². The maximum Gasteiger partial charge on any atom is 0.271 e. The Bertz CT molecular complexity index is 1030. The number of carbonyl (C=O) groups excluding carboxylic acids is 2. The molecule has 30 heavy (non-hydrogen) atoms. The number of nitrogens with zero attached hydrogens (tertiary/aromatic N) is 3. The number of ether oxygens (including phenoxy) is 1. The summed E-state index contributed by atoms with van der Waals surface area (Å²) < 4.78 is 34.3. The summed E-state index contributed by atoms with van der Waals surface area (Å²) in [5.74, 6) is -0.858. The van der Waals surface area contributed by atoms with Crippen molar-refractivity contribution >= 4 is 21.8 Å². The number of nitrogens with one attached hydrogen (secondary N) is 2. The molecule has 1 aliphatic heterocycles. The minimum Gasteiger partial charge on any atom is -0.382 e. The summed E-state index contributed by atoms with van der Waals surface area (Å²) in [5.41, 5.74) is 0.907. The molecule has 3 rings (SSSR count). The Kier molecular flexibility index (Phi) is 6.85. The van der Waals surface area contributed by atoms with Gasteiger partial charge in [0.05, 0.1) is 24.5 Å². The number of aromatic nitrogens is 2. The van der Waals surface area contributed by atoms with Crippen molar-refractivity contribution in [3.8, 4) is 5.69 Å². The van der Waals surface area contributed by atoms with Gasteiger partial charge in [-0.2, -0.15) is 4.31 Å². The number of benzene rings is 1. The van der Waals surface area contributed by atoms with Crippen LogP contribution in [0.1, 0.15) is 29.5 Å². The first-order chi connectivity index (χ1) is 14.4. The lowest BCUT2D eigenvalue weighted by Gasteiger charge is -2.19. The molecule has 2 N–H and O–H groups in total. The second kappa shape index (κ2) is 9.37. The van der Waals surface area contributed by atoms with Gasteiger partial charge < -0.3 is 15.4 Å². The Labute approximate surface area is 175 Å². The Hall–Kier alpha value is -2.76. The third-order valence-electron chi connectivity index (χ3n) is 4.70. The van der Waals surface area contributed by atoms with Crippen LogP contribution in [0.2, 0.25) is 0 Å². The van der Waals surface area contributed by atoms with Crippen LogP contribution in [0.4, 0.5) is 0 Å². The molecule has 0 unspecified atom stereocenters. The Morgan fingerprint density at radius 1 is 1.27 bits per heavy atom. The van der Waals surface area contributed by atoms with Gasteiger partial charge in [-0.1, -0.05) is 12.1 Å². The van der Waals surface area contributed by atoms with E-state index in [1.807, 2.05) is 6.92 Å². The molecule has 0 saturated heterocycles. The zero-order valence-corrected chi connectivity index (χ0v) is 17.7. The number of imidazole rings is 1. The number of para-hydroxylation sites is 1. The number of likely N-dealkylation sites (N-methyl/N-ethyl adjacent to an activating group) is 1. The highest BCUT2D eigenvalue weighted by atomic mass is 32.2. The fraction of sp³-hybridized carbons (Fsp3) is 0.421. The van der Waals surface area contributed by atoms with Gasteiger partial charge in [0.25, 0.3) is 5.91 Å². The minimum atomic E-state index is -3.96. The first-order valence-corrected chi connectivity index (χ1v) is 11.1. The van der Waals surface area contributed by atoms with Crippen molar-refractivity contribution in [2.75, 3.05) is 33.4 Å². The van der Waals surface area contributed by atoms with Crippen LogP contribution in [0, 0.1) is 0 Å². The smallest absolute Gasteiger partial charge is 0.271 e. The van der Waals surface area contributed by atoms with Crippen LogP contribution in [0.5, 0.6) is 0 Å². The molecule has 0 atom stereocenters. The summed E-state index contributed by atoms with van der Waals surface area (Å²) in [6.45, 7) is 2.92. The molecule has 2 aromatic rings. The lowest BCUT2D eigenvalue weighted by Crippen LogP contribution is -2.39. The topological polar surface area (TPSA) is 123 Å². The van der Waals surface area contributed by atoms with Gasteiger partial charge in [-0.05, 0) is 25.5 Å². The second-order valence-electron chi connectivity index (χ2n) is 6.63. The van der Waals surface area contributed by atoms with Crippen LogP contribution in [0.25, 0.3) is 5.69 Å². The molecule has 1 aromatic carbocycles. The molecule has 1 aromatic heterocycles. The summed E-state index contributed by atoms with van der Waals surface area (Å²) in [5, 5.41) is 5.22. The standard InChI is InChI=1S/C19H25N5O5S/c1-3-29-10-6-9-21-19(26)18-15-11-23(12-17(25)20-2)30(27,28)16-8-5-4-7-14(16)24(15)13-22-18/h4-5,7-8,13H,3,6,9-12H2,1-2H3,(H,20,25)(H,21,26). The monoisotopic (exact) mass is 435 g/mol.